The molecule has 2 aromatic carbocycles. The van der Waals surface area contributed by atoms with Crippen molar-refractivity contribution in [3.63, 3.8) is 0 Å². The Morgan fingerprint density at radius 3 is 2.50 bits per heavy atom. The molecule has 22 heavy (non-hydrogen) atoms. The Kier molecular flexibility index (Phi) is 5.33. The summed E-state index contributed by atoms with van der Waals surface area (Å²) in [5, 5.41) is 0.766. The molecule has 0 atom stereocenters. The van der Waals surface area contributed by atoms with E-state index in [9.17, 15) is 0 Å². The van der Waals surface area contributed by atoms with E-state index in [1.807, 2.05) is 6.07 Å². The van der Waals surface area contributed by atoms with E-state index in [0.29, 0.717) is 6.54 Å². The highest BCUT2D eigenvalue weighted by Crippen LogP contribution is 2.51. The van der Waals surface area contributed by atoms with Gasteiger partial charge < -0.3 is 10.6 Å². The SMILES string of the molecule is CC(C)(CCN)N1c2ccccc2Sc2ccc(Cl)cc21.Cl. The molecular weight excluding hydrogens is 335 g/mol. The molecule has 2 nitrogen and oxygen atoms in total. The summed E-state index contributed by atoms with van der Waals surface area (Å²) in [5.74, 6) is 0. The quantitative estimate of drug-likeness (QED) is 0.789. The molecule has 1 aliphatic rings. The summed E-state index contributed by atoms with van der Waals surface area (Å²) in [7, 11) is 0. The van der Waals surface area contributed by atoms with E-state index >= 15 is 0 Å². The van der Waals surface area contributed by atoms with Crippen LogP contribution in [0.1, 0.15) is 20.3 Å². The fourth-order valence-electron chi connectivity index (χ4n) is 2.85. The summed E-state index contributed by atoms with van der Waals surface area (Å²) in [5.41, 5.74) is 8.17. The lowest BCUT2D eigenvalue weighted by Crippen LogP contribution is -2.43. The van der Waals surface area contributed by atoms with Gasteiger partial charge in [-0.15, -0.1) is 12.4 Å². The number of hydrogen-bond donors (Lipinski definition) is 1. The zero-order chi connectivity index (χ0) is 15.0. The van der Waals surface area contributed by atoms with Crippen molar-refractivity contribution >= 4 is 47.1 Å². The average Bonchev–Trinajstić information content (AvgIpc) is 2.44. The molecule has 1 heterocycles. The molecule has 0 amide bonds. The highest BCUT2D eigenvalue weighted by atomic mass is 35.5. The summed E-state index contributed by atoms with van der Waals surface area (Å²) in [6, 6.07) is 14.6. The number of halogens is 2. The van der Waals surface area contributed by atoms with Crippen molar-refractivity contribution in [2.45, 2.75) is 35.6 Å². The minimum atomic E-state index is -0.0642. The lowest BCUT2D eigenvalue weighted by molar-refractivity contribution is 0.468. The van der Waals surface area contributed by atoms with Gasteiger partial charge in [0.15, 0.2) is 0 Å². The first-order valence-corrected chi connectivity index (χ1v) is 8.29. The Balaban J connectivity index is 0.00000176. The molecule has 0 saturated carbocycles. The molecule has 2 aromatic rings. The predicted molar refractivity (Wildman–Crippen MR) is 99.2 cm³/mol. The molecule has 0 aromatic heterocycles. The second-order valence-electron chi connectivity index (χ2n) is 5.87. The Labute approximate surface area is 147 Å². The van der Waals surface area contributed by atoms with Crippen molar-refractivity contribution in [1.29, 1.82) is 0 Å². The van der Waals surface area contributed by atoms with Gasteiger partial charge in [0.1, 0.15) is 0 Å². The molecule has 1 aliphatic heterocycles. The van der Waals surface area contributed by atoms with Crippen LogP contribution in [0.2, 0.25) is 5.02 Å². The second-order valence-corrected chi connectivity index (χ2v) is 7.39. The van der Waals surface area contributed by atoms with Gasteiger partial charge in [-0.25, -0.2) is 0 Å². The van der Waals surface area contributed by atoms with Crippen LogP contribution in [0.5, 0.6) is 0 Å². The number of benzene rings is 2. The number of nitrogens with zero attached hydrogens (tertiary/aromatic N) is 1. The van der Waals surface area contributed by atoms with Crippen molar-refractivity contribution < 1.29 is 0 Å². The molecule has 5 heteroatoms. The first kappa shape index (κ1) is 17.5. The lowest BCUT2D eigenvalue weighted by Gasteiger charge is -2.44. The zero-order valence-electron chi connectivity index (χ0n) is 12.7. The van der Waals surface area contributed by atoms with Crippen LogP contribution >= 0.6 is 35.8 Å². The normalized spacial score (nSPS) is 13.2. The van der Waals surface area contributed by atoms with Crippen molar-refractivity contribution in [2.75, 3.05) is 11.4 Å². The Bertz CT molecular complexity index is 673. The van der Waals surface area contributed by atoms with Crippen LogP contribution in [-0.4, -0.2) is 12.1 Å². The van der Waals surface area contributed by atoms with Crippen molar-refractivity contribution in [2.24, 2.45) is 5.73 Å². The number of fused-ring (bicyclic) bond motifs is 2. The van der Waals surface area contributed by atoms with Gasteiger partial charge in [0.2, 0.25) is 0 Å². The van der Waals surface area contributed by atoms with E-state index in [2.05, 4.69) is 55.1 Å². The van der Waals surface area contributed by atoms with E-state index in [-0.39, 0.29) is 17.9 Å². The Hall–Kier alpha value is -0.870. The summed E-state index contributed by atoms with van der Waals surface area (Å²) in [6.07, 6.45) is 0.915. The van der Waals surface area contributed by atoms with E-state index in [0.717, 1.165) is 11.4 Å². The van der Waals surface area contributed by atoms with Gasteiger partial charge in [0.25, 0.3) is 0 Å². The molecule has 0 bridgehead atoms. The van der Waals surface area contributed by atoms with Crippen LogP contribution in [0.15, 0.2) is 52.3 Å². The topological polar surface area (TPSA) is 29.3 Å². The van der Waals surface area contributed by atoms with Crippen molar-refractivity contribution in [3.8, 4) is 0 Å². The largest absolute Gasteiger partial charge is 0.334 e. The third kappa shape index (κ3) is 3.09. The van der Waals surface area contributed by atoms with Crippen LogP contribution in [0.25, 0.3) is 0 Å². The third-order valence-corrected chi connectivity index (χ3v) is 5.21. The number of rotatable bonds is 3. The molecule has 0 aliphatic carbocycles. The van der Waals surface area contributed by atoms with Crippen molar-refractivity contribution in [3.05, 3.63) is 47.5 Å². The minimum absolute atomic E-state index is 0. The highest BCUT2D eigenvalue weighted by molar-refractivity contribution is 7.99. The summed E-state index contributed by atoms with van der Waals surface area (Å²) < 4.78 is 0. The molecule has 0 spiro atoms. The van der Waals surface area contributed by atoms with Crippen molar-refractivity contribution in [1.82, 2.24) is 0 Å². The molecule has 2 N–H and O–H groups in total. The van der Waals surface area contributed by atoms with E-state index in [1.165, 1.54) is 21.2 Å². The zero-order valence-corrected chi connectivity index (χ0v) is 15.1. The number of para-hydroxylation sites is 1. The fourth-order valence-corrected chi connectivity index (χ4v) is 4.05. The number of anilines is 2. The van der Waals surface area contributed by atoms with Crippen LogP contribution in [0.4, 0.5) is 11.4 Å². The first-order chi connectivity index (χ1) is 10.0. The van der Waals surface area contributed by atoms with Crippen LogP contribution in [0, 0.1) is 0 Å². The molecule has 118 valence electrons. The molecule has 0 unspecified atom stereocenters. The van der Waals surface area contributed by atoms with Gasteiger partial charge in [-0.3, -0.25) is 0 Å². The molecular formula is C17H20Cl2N2S. The fraction of sp³-hybridized carbons (Fsp3) is 0.294. The van der Waals surface area contributed by atoms with Gasteiger partial charge in [-0.1, -0.05) is 35.5 Å². The van der Waals surface area contributed by atoms with Crippen LogP contribution < -0.4 is 10.6 Å². The predicted octanol–water partition coefficient (Wildman–Crippen LogP) is 5.49. The number of hydrogen-bond acceptors (Lipinski definition) is 3. The molecule has 0 fully saturated rings. The molecule has 0 saturated heterocycles. The van der Waals surface area contributed by atoms with E-state index in [1.54, 1.807) is 11.8 Å². The van der Waals surface area contributed by atoms with Gasteiger partial charge in [0.05, 0.1) is 11.4 Å². The average molecular weight is 355 g/mol. The molecule has 0 radical (unpaired) electrons. The maximum atomic E-state index is 6.24. The van der Waals surface area contributed by atoms with E-state index < -0.39 is 0 Å². The summed E-state index contributed by atoms with van der Waals surface area (Å²) >= 11 is 8.03. The third-order valence-electron chi connectivity index (χ3n) is 3.85. The Morgan fingerprint density at radius 2 is 1.77 bits per heavy atom. The molecule has 3 rings (SSSR count). The smallest absolute Gasteiger partial charge is 0.0572 e. The number of nitrogens with two attached hydrogens (primary N) is 1. The second kappa shape index (κ2) is 6.71. The maximum Gasteiger partial charge on any atom is 0.0572 e. The van der Waals surface area contributed by atoms with Crippen LogP contribution in [-0.2, 0) is 0 Å². The van der Waals surface area contributed by atoms with Gasteiger partial charge in [-0.2, -0.15) is 0 Å². The van der Waals surface area contributed by atoms with Gasteiger partial charge in [-0.05, 0) is 57.1 Å². The minimum Gasteiger partial charge on any atom is -0.334 e. The van der Waals surface area contributed by atoms with Gasteiger partial charge >= 0.3 is 0 Å². The summed E-state index contributed by atoms with van der Waals surface area (Å²) in [4.78, 5) is 4.90. The lowest BCUT2D eigenvalue weighted by atomic mass is 9.95. The highest BCUT2D eigenvalue weighted by Gasteiger charge is 2.33. The first-order valence-electron chi connectivity index (χ1n) is 7.10. The standard InChI is InChI=1S/C17H19ClN2S.ClH/c1-17(2,9-10-19)20-13-5-3-4-6-15(13)21-16-8-7-12(18)11-14(16)20;/h3-8,11H,9-10,19H2,1-2H3;1H. The van der Waals surface area contributed by atoms with E-state index in [4.69, 9.17) is 17.3 Å². The van der Waals surface area contributed by atoms with Crippen LogP contribution in [0.3, 0.4) is 0 Å². The monoisotopic (exact) mass is 354 g/mol. The summed E-state index contributed by atoms with van der Waals surface area (Å²) in [6.45, 7) is 5.13. The van der Waals surface area contributed by atoms with Gasteiger partial charge in [0, 0.05) is 20.4 Å². The maximum absolute atomic E-state index is 6.24. The Morgan fingerprint density at radius 1 is 1.09 bits per heavy atom.